The number of rotatable bonds is 2. The third-order valence-electron chi connectivity index (χ3n) is 4.38. The maximum atomic E-state index is 6.30. The zero-order chi connectivity index (χ0) is 12.7. The highest BCUT2D eigenvalue weighted by atomic mass is 35.5. The van der Waals surface area contributed by atoms with Crippen LogP contribution < -0.4 is 5.32 Å². The number of hydrogen-bond donors (Lipinski definition) is 1. The molecule has 2 aliphatic heterocycles. The average Bonchev–Trinajstić information content (AvgIpc) is 2.87. The number of halogens is 2. The molecule has 0 bridgehead atoms. The topological polar surface area (TPSA) is 15.3 Å². The number of fused-ring (bicyclic) bond motifs is 1. The summed E-state index contributed by atoms with van der Waals surface area (Å²) >= 11 is 12.3. The van der Waals surface area contributed by atoms with E-state index < -0.39 is 0 Å². The molecule has 2 saturated heterocycles. The van der Waals surface area contributed by atoms with Gasteiger partial charge in [0, 0.05) is 29.2 Å². The second kappa shape index (κ2) is 5.01. The van der Waals surface area contributed by atoms with E-state index in [0.717, 1.165) is 16.9 Å². The van der Waals surface area contributed by atoms with Crippen molar-refractivity contribution in [1.29, 1.82) is 0 Å². The number of benzene rings is 1. The third kappa shape index (κ3) is 2.27. The minimum atomic E-state index is 0.375. The molecule has 2 nitrogen and oxygen atoms in total. The van der Waals surface area contributed by atoms with Gasteiger partial charge in [0.2, 0.25) is 0 Å². The Morgan fingerprint density at radius 2 is 1.89 bits per heavy atom. The second-order valence-electron chi connectivity index (χ2n) is 5.47. The van der Waals surface area contributed by atoms with Crippen molar-refractivity contribution in [3.8, 4) is 0 Å². The van der Waals surface area contributed by atoms with Crippen molar-refractivity contribution >= 4 is 23.2 Å². The number of nitrogens with one attached hydrogen (secondary N) is 1. The van der Waals surface area contributed by atoms with Crippen LogP contribution in [0.15, 0.2) is 18.2 Å². The van der Waals surface area contributed by atoms with E-state index in [4.69, 9.17) is 23.2 Å². The van der Waals surface area contributed by atoms with E-state index in [9.17, 15) is 0 Å². The maximum Gasteiger partial charge on any atom is 0.0468 e. The van der Waals surface area contributed by atoms with Crippen LogP contribution in [-0.2, 0) is 0 Å². The van der Waals surface area contributed by atoms with Crippen LogP contribution in [-0.4, -0.2) is 31.1 Å². The quantitative estimate of drug-likeness (QED) is 0.897. The van der Waals surface area contributed by atoms with Gasteiger partial charge in [-0.1, -0.05) is 29.3 Å². The highest BCUT2D eigenvalue weighted by Crippen LogP contribution is 2.35. The Kier molecular flexibility index (Phi) is 3.55. The van der Waals surface area contributed by atoms with Crippen molar-refractivity contribution in [3.05, 3.63) is 33.8 Å². The molecule has 1 aromatic rings. The van der Waals surface area contributed by atoms with Gasteiger partial charge in [-0.15, -0.1) is 0 Å². The fraction of sp³-hybridized carbons (Fsp3) is 0.571. The summed E-state index contributed by atoms with van der Waals surface area (Å²) in [7, 11) is 0. The van der Waals surface area contributed by atoms with E-state index in [1.54, 1.807) is 0 Å². The van der Waals surface area contributed by atoms with Crippen molar-refractivity contribution in [2.45, 2.75) is 13.0 Å². The first-order valence-electron chi connectivity index (χ1n) is 6.55. The zero-order valence-electron chi connectivity index (χ0n) is 10.5. The summed E-state index contributed by atoms with van der Waals surface area (Å²) in [5.41, 5.74) is 1.19. The first-order valence-corrected chi connectivity index (χ1v) is 7.30. The van der Waals surface area contributed by atoms with E-state index in [0.29, 0.717) is 11.1 Å². The third-order valence-corrected chi connectivity index (χ3v) is 4.94. The summed E-state index contributed by atoms with van der Waals surface area (Å²) in [6, 6.07) is 6.20. The van der Waals surface area contributed by atoms with Crippen molar-refractivity contribution in [2.75, 3.05) is 26.2 Å². The molecule has 1 aromatic carbocycles. The Bertz CT molecular complexity index is 437. The Morgan fingerprint density at radius 1 is 1.22 bits per heavy atom. The molecular weight excluding hydrogens is 267 g/mol. The van der Waals surface area contributed by atoms with Gasteiger partial charge in [0.25, 0.3) is 0 Å². The van der Waals surface area contributed by atoms with E-state index in [2.05, 4.69) is 23.2 Å². The predicted molar refractivity (Wildman–Crippen MR) is 76.3 cm³/mol. The lowest BCUT2D eigenvalue weighted by Gasteiger charge is -2.26. The summed E-state index contributed by atoms with van der Waals surface area (Å²) in [6.45, 7) is 6.93. The minimum absolute atomic E-state index is 0.375. The lowest BCUT2D eigenvalue weighted by atomic mass is 10.0. The molecule has 1 unspecified atom stereocenters. The largest absolute Gasteiger partial charge is 0.316 e. The molecule has 0 spiro atoms. The minimum Gasteiger partial charge on any atom is -0.316 e. The van der Waals surface area contributed by atoms with E-state index >= 15 is 0 Å². The monoisotopic (exact) mass is 284 g/mol. The van der Waals surface area contributed by atoms with Crippen molar-refractivity contribution < 1.29 is 0 Å². The highest BCUT2D eigenvalue weighted by Gasteiger charge is 2.38. The van der Waals surface area contributed by atoms with Crippen molar-refractivity contribution in [2.24, 2.45) is 11.8 Å². The van der Waals surface area contributed by atoms with E-state index in [-0.39, 0.29) is 0 Å². The molecule has 3 atom stereocenters. The summed E-state index contributed by atoms with van der Waals surface area (Å²) < 4.78 is 0. The summed E-state index contributed by atoms with van der Waals surface area (Å²) in [6.07, 6.45) is 0. The maximum absolute atomic E-state index is 6.30. The van der Waals surface area contributed by atoms with E-state index in [1.165, 1.54) is 31.7 Å². The normalized spacial score (nSPS) is 29.5. The molecule has 0 radical (unpaired) electrons. The van der Waals surface area contributed by atoms with Gasteiger partial charge in [0.1, 0.15) is 0 Å². The van der Waals surface area contributed by atoms with Crippen LogP contribution in [0.5, 0.6) is 0 Å². The Hall–Kier alpha value is -0.280. The average molecular weight is 285 g/mol. The van der Waals surface area contributed by atoms with Gasteiger partial charge < -0.3 is 5.32 Å². The van der Waals surface area contributed by atoms with Gasteiger partial charge in [-0.05, 0) is 49.5 Å². The van der Waals surface area contributed by atoms with Crippen molar-refractivity contribution in [1.82, 2.24) is 10.2 Å². The highest BCUT2D eigenvalue weighted by molar-refractivity contribution is 6.35. The summed E-state index contributed by atoms with van der Waals surface area (Å²) in [5.74, 6) is 1.64. The predicted octanol–water partition coefficient (Wildman–Crippen LogP) is 3.21. The first-order chi connectivity index (χ1) is 8.65. The van der Waals surface area contributed by atoms with Crippen LogP contribution in [0, 0.1) is 11.8 Å². The zero-order valence-corrected chi connectivity index (χ0v) is 12.0. The molecule has 0 aliphatic carbocycles. The lowest BCUT2D eigenvalue weighted by molar-refractivity contribution is 0.244. The molecule has 2 aliphatic rings. The van der Waals surface area contributed by atoms with Gasteiger partial charge in [-0.3, -0.25) is 4.90 Å². The second-order valence-corrected chi connectivity index (χ2v) is 6.32. The molecule has 2 fully saturated rings. The first kappa shape index (κ1) is 12.7. The lowest BCUT2D eigenvalue weighted by Crippen LogP contribution is -2.28. The fourth-order valence-electron chi connectivity index (χ4n) is 3.24. The smallest absolute Gasteiger partial charge is 0.0468 e. The molecule has 0 amide bonds. The molecule has 4 heteroatoms. The van der Waals surface area contributed by atoms with Crippen LogP contribution in [0.2, 0.25) is 10.0 Å². The molecule has 18 heavy (non-hydrogen) atoms. The Labute approximate surface area is 118 Å². The van der Waals surface area contributed by atoms with Crippen LogP contribution in [0.25, 0.3) is 0 Å². The molecule has 98 valence electrons. The van der Waals surface area contributed by atoms with Crippen LogP contribution in [0.3, 0.4) is 0 Å². The molecule has 2 heterocycles. The van der Waals surface area contributed by atoms with Gasteiger partial charge in [0.05, 0.1) is 0 Å². The van der Waals surface area contributed by atoms with Crippen molar-refractivity contribution in [3.63, 3.8) is 0 Å². The molecule has 0 saturated carbocycles. The number of likely N-dealkylation sites (tertiary alicyclic amines) is 1. The molecule has 0 aromatic heterocycles. The van der Waals surface area contributed by atoms with Crippen LogP contribution in [0.1, 0.15) is 18.5 Å². The van der Waals surface area contributed by atoms with Gasteiger partial charge >= 0.3 is 0 Å². The Morgan fingerprint density at radius 3 is 2.50 bits per heavy atom. The Balaban J connectivity index is 1.76. The SMILES string of the molecule is CC(c1ccc(Cl)cc1Cl)N1C[C@H]2CNC[C@H]2C1. The standard InChI is InChI=1S/C14H18Cl2N2/c1-9(13-3-2-12(15)4-14(13)16)18-7-10-5-17-6-11(10)8-18/h2-4,9-11,17H,5-8H2,1H3/t9?,10-,11+. The molecular formula is C14H18Cl2N2. The molecule has 3 rings (SSSR count). The van der Waals surface area contributed by atoms with Crippen LogP contribution >= 0.6 is 23.2 Å². The van der Waals surface area contributed by atoms with Gasteiger partial charge in [0.15, 0.2) is 0 Å². The van der Waals surface area contributed by atoms with Gasteiger partial charge in [-0.25, -0.2) is 0 Å². The van der Waals surface area contributed by atoms with E-state index in [1.807, 2.05) is 12.1 Å². The number of hydrogen-bond acceptors (Lipinski definition) is 2. The van der Waals surface area contributed by atoms with Crippen LogP contribution in [0.4, 0.5) is 0 Å². The summed E-state index contributed by atoms with van der Waals surface area (Å²) in [4.78, 5) is 2.55. The van der Waals surface area contributed by atoms with Gasteiger partial charge in [-0.2, -0.15) is 0 Å². The summed E-state index contributed by atoms with van der Waals surface area (Å²) in [5, 5.41) is 4.96. The molecule has 1 N–H and O–H groups in total. The fourth-order valence-corrected chi connectivity index (χ4v) is 3.81. The number of nitrogens with zero attached hydrogens (tertiary/aromatic N) is 1.